The lowest BCUT2D eigenvalue weighted by atomic mass is 9.86. The molecule has 2 fully saturated rings. The van der Waals surface area contributed by atoms with Crippen molar-refractivity contribution in [2.45, 2.75) is 44.6 Å². The van der Waals surface area contributed by atoms with Crippen molar-refractivity contribution in [1.82, 2.24) is 24.6 Å². The third kappa shape index (κ3) is 4.04. The Labute approximate surface area is 187 Å². The van der Waals surface area contributed by atoms with Crippen LogP contribution in [0.25, 0.3) is 22.4 Å². The molecule has 1 saturated heterocycles. The van der Waals surface area contributed by atoms with Crippen LogP contribution < -0.4 is 10.3 Å². The summed E-state index contributed by atoms with van der Waals surface area (Å²) in [7, 11) is 3.52. The fourth-order valence-electron chi connectivity index (χ4n) is 5.02. The summed E-state index contributed by atoms with van der Waals surface area (Å²) < 4.78 is 12.9. The van der Waals surface area contributed by atoms with Crippen LogP contribution in [-0.2, 0) is 18.3 Å². The first kappa shape index (κ1) is 21.2. The zero-order valence-electron chi connectivity index (χ0n) is 18.9. The van der Waals surface area contributed by atoms with Gasteiger partial charge in [0.2, 0.25) is 0 Å². The summed E-state index contributed by atoms with van der Waals surface area (Å²) in [6.45, 7) is 4.25. The van der Waals surface area contributed by atoms with E-state index >= 15 is 0 Å². The van der Waals surface area contributed by atoms with E-state index in [0.717, 1.165) is 62.5 Å². The van der Waals surface area contributed by atoms with Gasteiger partial charge < -0.3 is 14.5 Å². The molecule has 0 atom stereocenters. The van der Waals surface area contributed by atoms with Crippen LogP contribution in [0.5, 0.6) is 5.75 Å². The van der Waals surface area contributed by atoms with Gasteiger partial charge in [0.1, 0.15) is 17.0 Å². The van der Waals surface area contributed by atoms with Gasteiger partial charge in [-0.25, -0.2) is 9.67 Å². The van der Waals surface area contributed by atoms with Gasteiger partial charge in [-0.2, -0.15) is 5.10 Å². The number of aromatic amines is 1. The van der Waals surface area contributed by atoms with Crippen molar-refractivity contribution in [1.29, 1.82) is 0 Å². The number of hydrogen-bond donors (Lipinski definition) is 1. The average molecular weight is 438 g/mol. The van der Waals surface area contributed by atoms with Crippen molar-refractivity contribution in [3.8, 4) is 17.1 Å². The van der Waals surface area contributed by atoms with Crippen LogP contribution in [0.3, 0.4) is 0 Å². The quantitative estimate of drug-likeness (QED) is 0.660. The van der Waals surface area contributed by atoms with E-state index in [1.54, 1.807) is 11.8 Å². The first-order chi connectivity index (χ1) is 15.6. The fraction of sp³-hybridized carbons (Fsp3) is 0.542. The van der Waals surface area contributed by atoms with Gasteiger partial charge in [0, 0.05) is 32.6 Å². The number of ether oxygens (including phenoxy) is 2. The fourth-order valence-corrected chi connectivity index (χ4v) is 5.02. The molecule has 1 aliphatic heterocycles. The lowest BCUT2D eigenvalue weighted by Crippen LogP contribution is -2.35. The minimum absolute atomic E-state index is 0.127. The maximum absolute atomic E-state index is 13.2. The molecule has 1 N–H and O–H groups in total. The highest BCUT2D eigenvalue weighted by Gasteiger charge is 2.25. The van der Waals surface area contributed by atoms with Crippen molar-refractivity contribution in [2.75, 3.05) is 33.4 Å². The highest BCUT2D eigenvalue weighted by atomic mass is 16.5. The zero-order chi connectivity index (χ0) is 22.1. The Kier molecular flexibility index (Phi) is 5.97. The first-order valence-electron chi connectivity index (χ1n) is 11.6. The van der Waals surface area contributed by atoms with Crippen LogP contribution in [0.4, 0.5) is 0 Å². The predicted molar refractivity (Wildman–Crippen MR) is 123 cm³/mol. The SMILES string of the molecule is COc1cc(CN2CCOCC2)ccc1-c1nc2c(c(C3CCCCC3)nn2C)c(=O)[nH]1. The molecule has 0 spiro atoms. The van der Waals surface area contributed by atoms with Crippen molar-refractivity contribution >= 4 is 11.0 Å². The monoisotopic (exact) mass is 437 g/mol. The van der Waals surface area contributed by atoms with Crippen LogP contribution in [-0.4, -0.2) is 58.1 Å². The first-order valence-corrected chi connectivity index (χ1v) is 11.6. The van der Waals surface area contributed by atoms with Crippen LogP contribution >= 0.6 is 0 Å². The Bertz CT molecular complexity index is 1160. The molecule has 170 valence electrons. The van der Waals surface area contributed by atoms with E-state index in [-0.39, 0.29) is 5.56 Å². The number of nitrogens with one attached hydrogen (secondary N) is 1. The molecule has 0 bridgehead atoms. The van der Waals surface area contributed by atoms with E-state index < -0.39 is 0 Å². The van der Waals surface area contributed by atoms with Gasteiger partial charge in [0.15, 0.2) is 5.65 Å². The van der Waals surface area contributed by atoms with E-state index in [0.29, 0.717) is 28.5 Å². The Balaban J connectivity index is 1.50. The number of morpholine rings is 1. The molecule has 0 radical (unpaired) electrons. The highest BCUT2D eigenvalue weighted by Crippen LogP contribution is 2.35. The summed E-state index contributed by atoms with van der Waals surface area (Å²) >= 11 is 0. The van der Waals surface area contributed by atoms with Gasteiger partial charge >= 0.3 is 0 Å². The molecule has 1 aromatic carbocycles. The molecular formula is C24H31N5O3. The van der Waals surface area contributed by atoms with Gasteiger partial charge in [0.05, 0.1) is 31.6 Å². The van der Waals surface area contributed by atoms with Crippen molar-refractivity contribution in [3.63, 3.8) is 0 Å². The van der Waals surface area contributed by atoms with Crippen LogP contribution in [0.1, 0.15) is 49.3 Å². The van der Waals surface area contributed by atoms with Gasteiger partial charge in [0.25, 0.3) is 5.56 Å². The summed E-state index contributed by atoms with van der Waals surface area (Å²) in [4.78, 5) is 23.4. The number of hydrogen-bond acceptors (Lipinski definition) is 6. The van der Waals surface area contributed by atoms with Gasteiger partial charge in [-0.1, -0.05) is 25.3 Å². The maximum atomic E-state index is 13.2. The minimum Gasteiger partial charge on any atom is -0.496 e. The van der Waals surface area contributed by atoms with E-state index in [1.165, 1.54) is 19.3 Å². The molecule has 5 rings (SSSR count). The molecule has 32 heavy (non-hydrogen) atoms. The number of aryl methyl sites for hydroxylation is 1. The van der Waals surface area contributed by atoms with E-state index in [1.807, 2.05) is 19.2 Å². The third-order valence-corrected chi connectivity index (χ3v) is 6.74. The van der Waals surface area contributed by atoms with Crippen LogP contribution in [0, 0.1) is 0 Å². The number of nitrogens with zero attached hydrogens (tertiary/aromatic N) is 4. The molecule has 1 aliphatic carbocycles. The number of methoxy groups -OCH3 is 1. The second-order valence-corrected chi connectivity index (χ2v) is 8.88. The summed E-state index contributed by atoms with van der Waals surface area (Å²) in [6.07, 6.45) is 5.83. The normalized spacial score (nSPS) is 18.3. The van der Waals surface area contributed by atoms with Gasteiger partial charge in [-0.15, -0.1) is 0 Å². The largest absolute Gasteiger partial charge is 0.496 e. The van der Waals surface area contributed by atoms with Crippen LogP contribution in [0.15, 0.2) is 23.0 Å². The summed E-state index contributed by atoms with van der Waals surface area (Å²) in [5.74, 6) is 1.55. The number of fused-ring (bicyclic) bond motifs is 1. The van der Waals surface area contributed by atoms with Gasteiger partial charge in [-0.05, 0) is 30.5 Å². The Morgan fingerprint density at radius 1 is 1.19 bits per heavy atom. The summed E-state index contributed by atoms with van der Waals surface area (Å²) in [6, 6.07) is 6.09. The number of rotatable bonds is 5. The molecule has 2 aliphatic rings. The maximum Gasteiger partial charge on any atom is 0.262 e. The Morgan fingerprint density at radius 2 is 1.97 bits per heavy atom. The third-order valence-electron chi connectivity index (χ3n) is 6.74. The second kappa shape index (κ2) is 9.03. The number of benzene rings is 1. The molecule has 2 aromatic heterocycles. The topological polar surface area (TPSA) is 85.3 Å². The molecule has 0 unspecified atom stereocenters. The molecular weight excluding hydrogens is 406 g/mol. The number of H-pyrrole nitrogens is 1. The standard InChI is InChI=1S/C24H31N5O3/c1-28-23-20(21(27-28)17-6-4-3-5-7-17)24(30)26-22(25-23)18-9-8-16(14-19(18)31-2)15-29-10-12-32-13-11-29/h8-9,14,17H,3-7,10-13,15H2,1-2H3,(H,25,26,30). The van der Waals surface area contributed by atoms with E-state index in [4.69, 9.17) is 19.6 Å². The van der Waals surface area contributed by atoms with Crippen molar-refractivity contribution in [3.05, 3.63) is 39.8 Å². The number of aromatic nitrogens is 4. The van der Waals surface area contributed by atoms with Gasteiger partial charge in [-0.3, -0.25) is 9.69 Å². The Morgan fingerprint density at radius 3 is 2.72 bits per heavy atom. The van der Waals surface area contributed by atoms with E-state index in [2.05, 4.69) is 16.0 Å². The lowest BCUT2D eigenvalue weighted by Gasteiger charge is -2.26. The van der Waals surface area contributed by atoms with Crippen molar-refractivity contribution in [2.24, 2.45) is 7.05 Å². The van der Waals surface area contributed by atoms with Crippen LogP contribution in [0.2, 0.25) is 0 Å². The minimum atomic E-state index is -0.127. The summed E-state index contributed by atoms with van der Waals surface area (Å²) in [5.41, 5.74) is 3.34. The molecule has 3 aromatic rings. The molecule has 1 saturated carbocycles. The smallest absolute Gasteiger partial charge is 0.262 e. The second-order valence-electron chi connectivity index (χ2n) is 8.88. The predicted octanol–water partition coefficient (Wildman–Crippen LogP) is 3.21. The highest BCUT2D eigenvalue weighted by molar-refractivity contribution is 5.80. The molecule has 8 heteroatoms. The molecule has 0 amide bonds. The molecule has 8 nitrogen and oxygen atoms in total. The zero-order valence-corrected chi connectivity index (χ0v) is 18.9. The average Bonchev–Trinajstić information content (AvgIpc) is 3.17. The van der Waals surface area contributed by atoms with Crippen molar-refractivity contribution < 1.29 is 9.47 Å². The summed E-state index contributed by atoms with van der Waals surface area (Å²) in [5, 5.41) is 5.35. The van der Waals surface area contributed by atoms with E-state index in [9.17, 15) is 4.79 Å². The molecule has 3 heterocycles. The Hall–Kier alpha value is -2.71. The lowest BCUT2D eigenvalue weighted by molar-refractivity contribution is 0.0342.